The molecule has 2 rings (SSSR count). The molecule has 2 aromatic rings. The smallest absolute Gasteiger partial charge is 0.0584 e. The van der Waals surface area contributed by atoms with Gasteiger partial charge in [0.1, 0.15) is 0 Å². The highest BCUT2D eigenvalue weighted by molar-refractivity contribution is 14.1. The van der Waals surface area contributed by atoms with E-state index in [-0.39, 0.29) is 6.04 Å². The second kappa shape index (κ2) is 7.23. The van der Waals surface area contributed by atoms with Crippen LogP contribution in [0.15, 0.2) is 42.5 Å². The van der Waals surface area contributed by atoms with Crippen molar-refractivity contribution in [2.75, 3.05) is 7.05 Å². The summed E-state index contributed by atoms with van der Waals surface area (Å²) in [6, 6.07) is 15.8. The topological polar surface area (TPSA) is 12.0 Å². The molecule has 1 unspecified atom stereocenters. The van der Waals surface area contributed by atoms with Crippen molar-refractivity contribution < 1.29 is 0 Å². The van der Waals surface area contributed by atoms with Crippen molar-refractivity contribution >= 4 is 22.6 Å². The van der Waals surface area contributed by atoms with Crippen molar-refractivity contribution in [3.05, 3.63) is 68.3 Å². The SMILES string of the molecule is CCCc1cccc(C(NC)c2cccc(C)c2I)c1. The molecule has 1 atom stereocenters. The minimum Gasteiger partial charge on any atom is -0.309 e. The molecule has 106 valence electrons. The molecule has 2 aromatic carbocycles. The fraction of sp³-hybridized carbons (Fsp3) is 0.333. The lowest BCUT2D eigenvalue weighted by Crippen LogP contribution is -2.19. The van der Waals surface area contributed by atoms with Crippen molar-refractivity contribution in [2.24, 2.45) is 0 Å². The molecule has 0 fully saturated rings. The third kappa shape index (κ3) is 3.41. The van der Waals surface area contributed by atoms with E-state index in [1.165, 1.54) is 32.2 Å². The number of nitrogens with one attached hydrogen (secondary N) is 1. The molecule has 2 heteroatoms. The lowest BCUT2D eigenvalue weighted by molar-refractivity contribution is 0.686. The first-order valence-corrected chi connectivity index (χ1v) is 8.26. The predicted molar refractivity (Wildman–Crippen MR) is 95.2 cm³/mol. The highest BCUT2D eigenvalue weighted by Gasteiger charge is 2.15. The Morgan fingerprint density at radius 1 is 1.15 bits per heavy atom. The van der Waals surface area contributed by atoms with Gasteiger partial charge in [0.25, 0.3) is 0 Å². The van der Waals surface area contributed by atoms with Gasteiger partial charge in [0, 0.05) is 3.57 Å². The Bertz CT molecular complexity index is 577. The minimum atomic E-state index is 0.263. The van der Waals surface area contributed by atoms with Crippen LogP contribution in [-0.2, 0) is 6.42 Å². The Balaban J connectivity index is 2.41. The van der Waals surface area contributed by atoms with Crippen LogP contribution >= 0.6 is 22.6 Å². The molecular weight excluding hydrogens is 357 g/mol. The average molecular weight is 379 g/mol. The van der Waals surface area contributed by atoms with Crippen LogP contribution in [0, 0.1) is 10.5 Å². The molecule has 0 aliphatic carbocycles. The van der Waals surface area contributed by atoms with Gasteiger partial charge in [-0.15, -0.1) is 0 Å². The van der Waals surface area contributed by atoms with Crippen molar-refractivity contribution in [3.8, 4) is 0 Å². The van der Waals surface area contributed by atoms with Crippen molar-refractivity contribution in [1.82, 2.24) is 5.32 Å². The van der Waals surface area contributed by atoms with E-state index in [1.807, 2.05) is 7.05 Å². The lowest BCUT2D eigenvalue weighted by Gasteiger charge is -2.20. The third-order valence-electron chi connectivity index (χ3n) is 3.64. The Morgan fingerprint density at radius 2 is 1.90 bits per heavy atom. The zero-order valence-electron chi connectivity index (χ0n) is 12.4. The van der Waals surface area contributed by atoms with Crippen LogP contribution in [0.3, 0.4) is 0 Å². The van der Waals surface area contributed by atoms with Gasteiger partial charge in [0.05, 0.1) is 6.04 Å². The second-order valence-electron chi connectivity index (χ2n) is 5.19. The second-order valence-corrected chi connectivity index (χ2v) is 6.27. The van der Waals surface area contributed by atoms with E-state index in [0.29, 0.717) is 0 Å². The van der Waals surface area contributed by atoms with Gasteiger partial charge in [-0.25, -0.2) is 0 Å². The van der Waals surface area contributed by atoms with E-state index >= 15 is 0 Å². The maximum Gasteiger partial charge on any atom is 0.0584 e. The molecule has 0 radical (unpaired) electrons. The van der Waals surface area contributed by atoms with Crippen LogP contribution < -0.4 is 5.32 Å². The molecule has 0 spiro atoms. The highest BCUT2D eigenvalue weighted by Crippen LogP contribution is 2.28. The largest absolute Gasteiger partial charge is 0.309 e. The van der Waals surface area contributed by atoms with Crippen LogP contribution in [0.2, 0.25) is 0 Å². The Morgan fingerprint density at radius 3 is 2.60 bits per heavy atom. The molecule has 0 aliphatic rings. The number of benzene rings is 2. The third-order valence-corrected chi connectivity index (χ3v) is 5.12. The van der Waals surface area contributed by atoms with Gasteiger partial charge >= 0.3 is 0 Å². The van der Waals surface area contributed by atoms with E-state index in [2.05, 4.69) is 84.2 Å². The van der Waals surface area contributed by atoms with Gasteiger partial charge < -0.3 is 5.32 Å². The van der Waals surface area contributed by atoms with Gasteiger partial charge in [-0.3, -0.25) is 0 Å². The summed E-state index contributed by atoms with van der Waals surface area (Å²) in [5.41, 5.74) is 5.48. The van der Waals surface area contributed by atoms with E-state index in [9.17, 15) is 0 Å². The number of hydrogen-bond acceptors (Lipinski definition) is 1. The number of aryl methyl sites for hydroxylation is 2. The first-order chi connectivity index (χ1) is 9.67. The van der Waals surface area contributed by atoms with Crippen LogP contribution in [-0.4, -0.2) is 7.05 Å². The summed E-state index contributed by atoms with van der Waals surface area (Å²) in [7, 11) is 2.04. The Labute approximate surface area is 135 Å². The number of halogens is 1. The summed E-state index contributed by atoms with van der Waals surface area (Å²) in [5.74, 6) is 0. The van der Waals surface area contributed by atoms with Crippen LogP contribution in [0.1, 0.15) is 41.6 Å². The maximum absolute atomic E-state index is 3.47. The zero-order chi connectivity index (χ0) is 14.5. The van der Waals surface area contributed by atoms with E-state index in [4.69, 9.17) is 0 Å². The van der Waals surface area contributed by atoms with Gasteiger partial charge in [-0.1, -0.05) is 55.8 Å². The highest BCUT2D eigenvalue weighted by atomic mass is 127. The van der Waals surface area contributed by atoms with Crippen LogP contribution in [0.5, 0.6) is 0 Å². The molecule has 0 aliphatic heterocycles. The molecule has 1 N–H and O–H groups in total. The minimum absolute atomic E-state index is 0.263. The average Bonchev–Trinajstić information content (AvgIpc) is 2.45. The molecule has 0 saturated heterocycles. The van der Waals surface area contributed by atoms with E-state index < -0.39 is 0 Å². The van der Waals surface area contributed by atoms with E-state index in [1.54, 1.807) is 0 Å². The van der Waals surface area contributed by atoms with Gasteiger partial charge in [0.15, 0.2) is 0 Å². The van der Waals surface area contributed by atoms with Crippen molar-refractivity contribution in [2.45, 2.75) is 32.7 Å². The Kier molecular flexibility index (Phi) is 5.61. The standard InChI is InChI=1S/C18H22IN/c1-4-7-14-9-6-10-15(12-14)18(20-3)16-11-5-8-13(2)17(16)19/h5-6,8-12,18,20H,4,7H2,1-3H3. The first-order valence-electron chi connectivity index (χ1n) is 7.18. The monoisotopic (exact) mass is 379 g/mol. The number of hydrogen-bond donors (Lipinski definition) is 1. The fourth-order valence-corrected chi connectivity index (χ4v) is 3.28. The molecular formula is C18H22IN. The summed E-state index contributed by atoms with van der Waals surface area (Å²) >= 11 is 2.46. The predicted octanol–water partition coefficient (Wildman–Crippen LogP) is 4.86. The molecule has 0 aromatic heterocycles. The zero-order valence-corrected chi connectivity index (χ0v) is 14.6. The van der Waals surface area contributed by atoms with Gasteiger partial charge in [-0.05, 0) is 65.2 Å². The van der Waals surface area contributed by atoms with Gasteiger partial charge in [0.2, 0.25) is 0 Å². The van der Waals surface area contributed by atoms with Gasteiger partial charge in [-0.2, -0.15) is 0 Å². The molecule has 0 amide bonds. The fourth-order valence-electron chi connectivity index (χ4n) is 2.61. The normalized spacial score (nSPS) is 12.4. The first kappa shape index (κ1) is 15.5. The van der Waals surface area contributed by atoms with Crippen LogP contribution in [0.4, 0.5) is 0 Å². The number of rotatable bonds is 5. The lowest BCUT2D eigenvalue weighted by atomic mass is 9.95. The summed E-state index contributed by atoms with van der Waals surface area (Å²) in [4.78, 5) is 0. The molecule has 0 heterocycles. The Hall–Kier alpha value is -0.870. The molecule has 0 saturated carbocycles. The summed E-state index contributed by atoms with van der Waals surface area (Å²) in [6.07, 6.45) is 2.34. The summed E-state index contributed by atoms with van der Waals surface area (Å²) in [5, 5.41) is 3.47. The summed E-state index contributed by atoms with van der Waals surface area (Å²) < 4.78 is 1.35. The van der Waals surface area contributed by atoms with Crippen molar-refractivity contribution in [3.63, 3.8) is 0 Å². The molecule has 0 bridgehead atoms. The molecule has 1 nitrogen and oxygen atoms in total. The van der Waals surface area contributed by atoms with E-state index in [0.717, 1.165) is 6.42 Å². The summed E-state index contributed by atoms with van der Waals surface area (Å²) in [6.45, 7) is 4.40. The van der Waals surface area contributed by atoms with Crippen molar-refractivity contribution in [1.29, 1.82) is 0 Å². The quantitative estimate of drug-likeness (QED) is 0.732. The maximum atomic E-state index is 3.47. The molecule has 20 heavy (non-hydrogen) atoms. The van der Waals surface area contributed by atoms with Crippen LogP contribution in [0.25, 0.3) is 0 Å².